The molecule has 0 aliphatic rings. The highest BCUT2D eigenvalue weighted by Crippen LogP contribution is 2.32. The summed E-state index contributed by atoms with van der Waals surface area (Å²) in [5.74, 6) is -0.733. The molecule has 0 fully saturated rings. The van der Waals surface area contributed by atoms with Crippen molar-refractivity contribution < 1.29 is 26.8 Å². The number of nitrogens with zero attached hydrogens (tertiary/aromatic N) is 2. The molecular formula is C19H19N3O6S3. The number of sulfonamides is 1. The van der Waals surface area contributed by atoms with Gasteiger partial charge in [-0.1, -0.05) is 12.1 Å². The number of carbonyl (C=O) groups is 1. The second kappa shape index (κ2) is 8.77. The van der Waals surface area contributed by atoms with Crippen LogP contribution in [0.1, 0.15) is 5.56 Å². The molecular weight excluding hydrogens is 462 g/mol. The molecule has 0 saturated heterocycles. The standard InChI is InChI=1S/C19H19N3O6S3/c1-21(2)30(25,26)16-6-4-15(5-7-16)17-8-10-19(29-17)31(27,28)22-12-11-14(13-22)3-9-18(23)20-24/h3-13,24H,1-2H3,(H,20,23)/b9-3+. The predicted molar refractivity (Wildman–Crippen MR) is 117 cm³/mol. The molecule has 0 radical (unpaired) electrons. The Morgan fingerprint density at radius 1 is 1.06 bits per heavy atom. The third-order valence-electron chi connectivity index (χ3n) is 4.26. The Hall–Kier alpha value is -2.77. The second-order valence-electron chi connectivity index (χ2n) is 6.52. The zero-order valence-electron chi connectivity index (χ0n) is 16.5. The zero-order valence-corrected chi connectivity index (χ0v) is 18.9. The summed E-state index contributed by atoms with van der Waals surface area (Å²) in [6.45, 7) is 0. The van der Waals surface area contributed by atoms with E-state index in [1.807, 2.05) is 0 Å². The summed E-state index contributed by atoms with van der Waals surface area (Å²) >= 11 is 1.05. The van der Waals surface area contributed by atoms with Crippen molar-refractivity contribution in [3.63, 3.8) is 0 Å². The van der Waals surface area contributed by atoms with Crippen LogP contribution >= 0.6 is 11.3 Å². The van der Waals surface area contributed by atoms with Crippen LogP contribution < -0.4 is 5.48 Å². The van der Waals surface area contributed by atoms with Crippen molar-refractivity contribution in [3.05, 3.63) is 66.5 Å². The molecule has 0 saturated carbocycles. The second-order valence-corrected chi connectivity index (χ2v) is 11.8. The fourth-order valence-corrected chi connectivity index (χ4v) is 6.09. The minimum atomic E-state index is -3.84. The molecule has 0 spiro atoms. The molecule has 0 aliphatic heterocycles. The van der Waals surface area contributed by atoms with Crippen molar-refractivity contribution in [2.75, 3.05) is 14.1 Å². The fraction of sp³-hybridized carbons (Fsp3) is 0.105. The Balaban J connectivity index is 1.86. The monoisotopic (exact) mass is 481 g/mol. The van der Waals surface area contributed by atoms with Gasteiger partial charge in [-0.15, -0.1) is 11.3 Å². The molecule has 0 aliphatic carbocycles. The molecule has 0 bridgehead atoms. The van der Waals surface area contributed by atoms with Crippen molar-refractivity contribution in [1.82, 2.24) is 13.8 Å². The molecule has 1 amide bonds. The molecule has 3 aromatic rings. The molecule has 12 heteroatoms. The van der Waals surface area contributed by atoms with Crippen LogP contribution in [0.25, 0.3) is 16.5 Å². The summed E-state index contributed by atoms with van der Waals surface area (Å²) in [7, 11) is -4.49. The number of aromatic nitrogens is 1. The summed E-state index contributed by atoms with van der Waals surface area (Å²) in [5, 5.41) is 8.49. The van der Waals surface area contributed by atoms with E-state index in [0.29, 0.717) is 16.0 Å². The van der Waals surface area contributed by atoms with E-state index in [1.54, 1.807) is 18.2 Å². The van der Waals surface area contributed by atoms with Crippen molar-refractivity contribution in [2.45, 2.75) is 9.10 Å². The van der Waals surface area contributed by atoms with Gasteiger partial charge in [0.05, 0.1) is 4.90 Å². The Morgan fingerprint density at radius 3 is 2.35 bits per heavy atom. The number of thiophene rings is 1. The highest BCUT2D eigenvalue weighted by Gasteiger charge is 2.20. The minimum absolute atomic E-state index is 0.103. The van der Waals surface area contributed by atoms with Gasteiger partial charge < -0.3 is 0 Å². The lowest BCUT2D eigenvalue weighted by molar-refractivity contribution is -0.124. The first-order valence-electron chi connectivity index (χ1n) is 8.74. The van der Waals surface area contributed by atoms with Crippen LogP contribution in [0.5, 0.6) is 0 Å². The van der Waals surface area contributed by atoms with Gasteiger partial charge in [0.1, 0.15) is 4.21 Å². The van der Waals surface area contributed by atoms with E-state index in [1.165, 1.54) is 62.3 Å². The molecule has 3 rings (SSSR count). The van der Waals surface area contributed by atoms with Gasteiger partial charge in [-0.2, -0.15) is 8.42 Å². The Bertz CT molecular complexity index is 1330. The lowest BCUT2D eigenvalue weighted by Gasteiger charge is -2.11. The molecule has 1 aromatic carbocycles. The maximum Gasteiger partial charge on any atom is 0.277 e. The Kier molecular flexibility index (Phi) is 6.48. The van der Waals surface area contributed by atoms with Gasteiger partial charge in [0.15, 0.2) is 0 Å². The van der Waals surface area contributed by atoms with E-state index >= 15 is 0 Å². The predicted octanol–water partition coefficient (Wildman–Crippen LogP) is 2.22. The molecule has 2 heterocycles. The van der Waals surface area contributed by atoms with Crippen LogP contribution in [0.3, 0.4) is 0 Å². The number of hydrogen-bond donors (Lipinski definition) is 2. The minimum Gasteiger partial charge on any atom is -0.288 e. The summed E-state index contributed by atoms with van der Waals surface area (Å²) in [6, 6.07) is 10.9. The summed E-state index contributed by atoms with van der Waals surface area (Å²) in [6.07, 6.45) is 5.12. The van der Waals surface area contributed by atoms with Gasteiger partial charge in [0, 0.05) is 37.4 Å². The number of hydrogen-bond acceptors (Lipinski definition) is 7. The third kappa shape index (κ3) is 4.78. The van der Waals surface area contributed by atoms with Crippen molar-refractivity contribution >= 4 is 43.4 Å². The first-order chi connectivity index (χ1) is 14.6. The zero-order chi connectivity index (χ0) is 22.8. The van der Waals surface area contributed by atoms with Crippen LogP contribution in [0.2, 0.25) is 0 Å². The van der Waals surface area contributed by atoms with Crippen LogP contribution in [-0.4, -0.2) is 50.3 Å². The van der Waals surface area contributed by atoms with Gasteiger partial charge in [0.25, 0.3) is 15.9 Å². The SMILES string of the molecule is CN(C)S(=O)(=O)c1ccc(-c2ccc(S(=O)(=O)n3ccc(/C=C/C(=O)NO)c3)s2)cc1. The van der Waals surface area contributed by atoms with Crippen molar-refractivity contribution in [3.8, 4) is 10.4 Å². The first-order valence-corrected chi connectivity index (χ1v) is 12.4. The summed E-state index contributed by atoms with van der Waals surface area (Å²) < 4.78 is 52.4. The fourth-order valence-electron chi connectivity index (χ4n) is 2.57. The lowest BCUT2D eigenvalue weighted by atomic mass is 10.2. The first kappa shape index (κ1) is 22.9. The molecule has 164 valence electrons. The van der Waals surface area contributed by atoms with E-state index < -0.39 is 26.0 Å². The maximum absolute atomic E-state index is 12.9. The van der Waals surface area contributed by atoms with Crippen molar-refractivity contribution in [1.29, 1.82) is 0 Å². The van der Waals surface area contributed by atoms with Crippen molar-refractivity contribution in [2.24, 2.45) is 0 Å². The van der Waals surface area contributed by atoms with E-state index in [-0.39, 0.29) is 9.10 Å². The van der Waals surface area contributed by atoms with Gasteiger partial charge in [-0.3, -0.25) is 10.0 Å². The van der Waals surface area contributed by atoms with Crippen LogP contribution in [0.15, 0.2) is 70.0 Å². The number of hydroxylamine groups is 1. The molecule has 2 N–H and O–H groups in total. The van der Waals surface area contributed by atoms with E-state index in [0.717, 1.165) is 25.7 Å². The Labute approximate surface area is 183 Å². The third-order valence-corrected chi connectivity index (χ3v) is 9.33. The van der Waals surface area contributed by atoms with Crippen LogP contribution in [0.4, 0.5) is 0 Å². The molecule has 0 unspecified atom stereocenters. The summed E-state index contributed by atoms with van der Waals surface area (Å²) in [5.41, 5.74) is 2.60. The smallest absolute Gasteiger partial charge is 0.277 e. The number of benzene rings is 1. The summed E-state index contributed by atoms with van der Waals surface area (Å²) in [4.78, 5) is 11.9. The Morgan fingerprint density at radius 2 is 1.74 bits per heavy atom. The highest BCUT2D eigenvalue weighted by molar-refractivity contribution is 7.92. The van der Waals surface area contributed by atoms with E-state index in [2.05, 4.69) is 0 Å². The molecule has 2 aromatic heterocycles. The van der Waals surface area contributed by atoms with Gasteiger partial charge in [0.2, 0.25) is 10.0 Å². The number of rotatable bonds is 7. The van der Waals surface area contributed by atoms with Gasteiger partial charge >= 0.3 is 0 Å². The lowest BCUT2D eigenvalue weighted by Crippen LogP contribution is -2.22. The van der Waals surface area contributed by atoms with Crippen LogP contribution in [0, 0.1) is 0 Å². The molecule has 0 atom stereocenters. The quantitative estimate of drug-likeness (QED) is 0.303. The average Bonchev–Trinajstić information content (AvgIpc) is 3.42. The maximum atomic E-state index is 12.9. The van der Waals surface area contributed by atoms with E-state index in [4.69, 9.17) is 5.21 Å². The van der Waals surface area contributed by atoms with Gasteiger partial charge in [-0.25, -0.2) is 22.2 Å². The van der Waals surface area contributed by atoms with Crippen LogP contribution in [-0.2, 0) is 24.8 Å². The topological polar surface area (TPSA) is 126 Å². The largest absolute Gasteiger partial charge is 0.288 e. The average molecular weight is 482 g/mol. The highest BCUT2D eigenvalue weighted by atomic mass is 32.2. The normalized spacial score (nSPS) is 12.5. The van der Waals surface area contributed by atoms with Gasteiger partial charge in [-0.05, 0) is 47.5 Å². The number of amides is 1. The van der Waals surface area contributed by atoms with E-state index in [9.17, 15) is 21.6 Å². The number of carbonyl (C=O) groups excluding carboxylic acids is 1. The molecule has 9 nitrogen and oxygen atoms in total. The molecule has 31 heavy (non-hydrogen) atoms. The number of nitrogens with one attached hydrogen (secondary N) is 1.